The third-order valence-electron chi connectivity index (χ3n) is 3.04. The van der Waals surface area contributed by atoms with Crippen molar-refractivity contribution in [1.29, 1.82) is 0 Å². The van der Waals surface area contributed by atoms with Crippen molar-refractivity contribution in [1.82, 2.24) is 0 Å². The molecule has 1 aromatic carbocycles. The van der Waals surface area contributed by atoms with E-state index in [0.717, 1.165) is 24.0 Å². The Hall–Kier alpha value is -0.570. The standard InChI is InChI=1S/C14H22ClNO/c1-9(2)4-7-13(17)14(16)11-6-5-10(3)12(15)8-11/h5-6,8-9,13-14,17H,4,7,16H2,1-3H3/t13-,14+/m0/s1. The van der Waals surface area contributed by atoms with E-state index >= 15 is 0 Å². The van der Waals surface area contributed by atoms with Gasteiger partial charge >= 0.3 is 0 Å². The van der Waals surface area contributed by atoms with Crippen molar-refractivity contribution in [3.05, 3.63) is 34.3 Å². The molecule has 0 aliphatic heterocycles. The lowest BCUT2D eigenvalue weighted by atomic mass is 9.95. The van der Waals surface area contributed by atoms with Crippen LogP contribution >= 0.6 is 11.6 Å². The number of rotatable bonds is 5. The van der Waals surface area contributed by atoms with Gasteiger partial charge in [-0.1, -0.05) is 37.6 Å². The van der Waals surface area contributed by atoms with Crippen molar-refractivity contribution < 1.29 is 5.11 Å². The molecule has 0 spiro atoms. The average molecular weight is 256 g/mol. The Kier molecular flexibility index (Phi) is 5.44. The van der Waals surface area contributed by atoms with E-state index in [9.17, 15) is 5.11 Å². The summed E-state index contributed by atoms with van der Waals surface area (Å²) in [4.78, 5) is 0. The normalized spacial score (nSPS) is 15.0. The lowest BCUT2D eigenvalue weighted by molar-refractivity contribution is 0.128. The Morgan fingerprint density at radius 1 is 1.29 bits per heavy atom. The minimum Gasteiger partial charge on any atom is -0.391 e. The Balaban J connectivity index is 2.67. The molecule has 0 amide bonds. The first-order chi connectivity index (χ1) is 7.91. The number of aliphatic hydroxyl groups excluding tert-OH is 1. The van der Waals surface area contributed by atoms with E-state index in [1.807, 2.05) is 25.1 Å². The van der Waals surface area contributed by atoms with Crippen molar-refractivity contribution in [2.75, 3.05) is 0 Å². The predicted molar refractivity (Wildman–Crippen MR) is 73.2 cm³/mol. The van der Waals surface area contributed by atoms with Gasteiger partial charge in [-0.2, -0.15) is 0 Å². The first-order valence-electron chi connectivity index (χ1n) is 6.11. The molecule has 3 heteroatoms. The largest absolute Gasteiger partial charge is 0.391 e. The van der Waals surface area contributed by atoms with Crippen molar-refractivity contribution in [2.45, 2.75) is 45.8 Å². The second-order valence-electron chi connectivity index (χ2n) is 5.07. The highest BCUT2D eigenvalue weighted by Crippen LogP contribution is 2.24. The van der Waals surface area contributed by atoms with Crippen LogP contribution in [0.2, 0.25) is 5.02 Å². The molecule has 0 saturated heterocycles. The number of hydrogen-bond donors (Lipinski definition) is 2. The quantitative estimate of drug-likeness (QED) is 0.847. The number of benzene rings is 1. The monoisotopic (exact) mass is 255 g/mol. The zero-order valence-electron chi connectivity index (χ0n) is 10.8. The van der Waals surface area contributed by atoms with Gasteiger partial charge in [0, 0.05) is 5.02 Å². The van der Waals surface area contributed by atoms with Crippen LogP contribution < -0.4 is 5.73 Å². The van der Waals surface area contributed by atoms with Crippen LogP contribution in [0.3, 0.4) is 0 Å². The number of halogens is 1. The van der Waals surface area contributed by atoms with Gasteiger partial charge in [-0.15, -0.1) is 0 Å². The van der Waals surface area contributed by atoms with Crippen LogP contribution in [0.1, 0.15) is 43.9 Å². The number of nitrogens with two attached hydrogens (primary N) is 1. The highest BCUT2D eigenvalue weighted by molar-refractivity contribution is 6.31. The summed E-state index contributed by atoms with van der Waals surface area (Å²) < 4.78 is 0. The van der Waals surface area contributed by atoms with E-state index in [-0.39, 0.29) is 6.04 Å². The van der Waals surface area contributed by atoms with Crippen molar-refractivity contribution in [3.8, 4) is 0 Å². The van der Waals surface area contributed by atoms with Crippen LogP contribution in [0.25, 0.3) is 0 Å². The molecule has 0 fully saturated rings. The van der Waals surface area contributed by atoms with Crippen molar-refractivity contribution in [2.24, 2.45) is 11.7 Å². The van der Waals surface area contributed by atoms with Crippen LogP contribution in [-0.4, -0.2) is 11.2 Å². The van der Waals surface area contributed by atoms with Crippen LogP contribution in [0.4, 0.5) is 0 Å². The van der Waals surface area contributed by atoms with E-state index in [0.29, 0.717) is 10.9 Å². The van der Waals surface area contributed by atoms with Gasteiger partial charge in [0.2, 0.25) is 0 Å². The fourth-order valence-corrected chi connectivity index (χ4v) is 1.91. The maximum atomic E-state index is 10.0. The molecule has 2 atom stereocenters. The lowest BCUT2D eigenvalue weighted by Gasteiger charge is -2.20. The Morgan fingerprint density at radius 2 is 1.94 bits per heavy atom. The Morgan fingerprint density at radius 3 is 2.47 bits per heavy atom. The average Bonchev–Trinajstić information content (AvgIpc) is 2.28. The fourth-order valence-electron chi connectivity index (χ4n) is 1.72. The fraction of sp³-hybridized carbons (Fsp3) is 0.571. The molecular weight excluding hydrogens is 234 g/mol. The summed E-state index contributed by atoms with van der Waals surface area (Å²) in [6, 6.07) is 5.36. The first-order valence-corrected chi connectivity index (χ1v) is 6.49. The summed E-state index contributed by atoms with van der Waals surface area (Å²) in [5, 5.41) is 10.7. The van der Waals surface area contributed by atoms with Crippen LogP contribution in [-0.2, 0) is 0 Å². The van der Waals surface area contributed by atoms with Gasteiger partial charge in [-0.3, -0.25) is 0 Å². The first kappa shape index (κ1) is 14.5. The molecule has 0 aliphatic rings. The number of aliphatic hydroxyl groups is 1. The zero-order valence-corrected chi connectivity index (χ0v) is 11.5. The van der Waals surface area contributed by atoms with Crippen LogP contribution in [0, 0.1) is 12.8 Å². The summed E-state index contributed by atoms with van der Waals surface area (Å²) >= 11 is 6.05. The summed E-state index contributed by atoms with van der Waals surface area (Å²) in [7, 11) is 0. The van der Waals surface area contributed by atoms with Gasteiger partial charge in [-0.25, -0.2) is 0 Å². The third kappa shape index (κ3) is 4.30. The smallest absolute Gasteiger partial charge is 0.0732 e. The molecule has 0 aromatic heterocycles. The molecule has 0 radical (unpaired) electrons. The molecule has 1 rings (SSSR count). The predicted octanol–water partition coefficient (Wildman–Crippen LogP) is 3.45. The van der Waals surface area contributed by atoms with Gasteiger partial charge in [-0.05, 0) is 42.9 Å². The number of aryl methyl sites for hydroxylation is 1. The minimum absolute atomic E-state index is 0.355. The molecule has 0 heterocycles. The second kappa shape index (κ2) is 6.39. The molecule has 2 nitrogen and oxygen atoms in total. The highest BCUT2D eigenvalue weighted by atomic mass is 35.5. The molecular formula is C14H22ClNO. The molecule has 1 aromatic rings. The van der Waals surface area contributed by atoms with Gasteiger partial charge in [0.05, 0.1) is 12.1 Å². The molecule has 0 unspecified atom stereocenters. The minimum atomic E-state index is -0.504. The molecule has 0 bridgehead atoms. The third-order valence-corrected chi connectivity index (χ3v) is 3.44. The maximum absolute atomic E-state index is 10.0. The SMILES string of the molecule is Cc1ccc([C@@H](N)[C@@H](O)CCC(C)C)cc1Cl. The van der Waals surface area contributed by atoms with Crippen LogP contribution in [0.15, 0.2) is 18.2 Å². The summed E-state index contributed by atoms with van der Waals surface area (Å²) in [6.45, 7) is 6.23. The van der Waals surface area contributed by atoms with Gasteiger partial charge in [0.1, 0.15) is 0 Å². The maximum Gasteiger partial charge on any atom is 0.0732 e. The van der Waals surface area contributed by atoms with E-state index in [2.05, 4.69) is 13.8 Å². The second-order valence-corrected chi connectivity index (χ2v) is 5.48. The van der Waals surface area contributed by atoms with Gasteiger partial charge in [0.15, 0.2) is 0 Å². The molecule has 0 aliphatic carbocycles. The summed E-state index contributed by atoms with van der Waals surface area (Å²) in [5.41, 5.74) is 7.96. The van der Waals surface area contributed by atoms with E-state index in [4.69, 9.17) is 17.3 Å². The number of hydrogen-bond acceptors (Lipinski definition) is 2. The van der Waals surface area contributed by atoms with Gasteiger partial charge in [0.25, 0.3) is 0 Å². The Bertz CT molecular complexity index is 365. The van der Waals surface area contributed by atoms with E-state index in [1.165, 1.54) is 0 Å². The molecule has 96 valence electrons. The Labute approximate surface area is 109 Å². The van der Waals surface area contributed by atoms with Crippen molar-refractivity contribution >= 4 is 11.6 Å². The highest BCUT2D eigenvalue weighted by Gasteiger charge is 2.17. The summed E-state index contributed by atoms with van der Waals surface area (Å²) in [5.74, 6) is 0.582. The molecule has 3 N–H and O–H groups in total. The van der Waals surface area contributed by atoms with E-state index < -0.39 is 6.10 Å². The molecule has 17 heavy (non-hydrogen) atoms. The zero-order chi connectivity index (χ0) is 13.0. The topological polar surface area (TPSA) is 46.2 Å². The van der Waals surface area contributed by atoms with Gasteiger partial charge < -0.3 is 10.8 Å². The van der Waals surface area contributed by atoms with E-state index in [1.54, 1.807) is 0 Å². The summed E-state index contributed by atoms with van der Waals surface area (Å²) in [6.07, 6.45) is 1.20. The lowest BCUT2D eigenvalue weighted by Crippen LogP contribution is -2.26. The van der Waals surface area contributed by atoms with Crippen molar-refractivity contribution in [3.63, 3.8) is 0 Å². The molecule has 0 saturated carbocycles. The van der Waals surface area contributed by atoms with Crippen LogP contribution in [0.5, 0.6) is 0 Å².